The maximum absolute atomic E-state index is 12.5. The SMILES string of the molecule is O=C(/C=C/c1ccccc1)N1CCc2oc(C3CCOCC3)nc2C1. The first-order valence-corrected chi connectivity index (χ1v) is 8.88. The lowest BCUT2D eigenvalue weighted by Gasteiger charge is -2.24. The van der Waals surface area contributed by atoms with Crippen LogP contribution in [0, 0.1) is 0 Å². The van der Waals surface area contributed by atoms with Crippen LogP contribution in [0.5, 0.6) is 0 Å². The molecule has 3 heterocycles. The molecule has 130 valence electrons. The molecule has 1 aromatic carbocycles. The number of benzene rings is 1. The van der Waals surface area contributed by atoms with E-state index in [2.05, 4.69) is 4.98 Å². The highest BCUT2D eigenvalue weighted by molar-refractivity contribution is 5.91. The Labute approximate surface area is 147 Å². The minimum atomic E-state index is 0.0186. The number of hydrogen-bond donors (Lipinski definition) is 0. The molecule has 0 atom stereocenters. The predicted octanol–water partition coefficient (Wildman–Crippen LogP) is 3.17. The van der Waals surface area contributed by atoms with Crippen LogP contribution in [0.2, 0.25) is 0 Å². The number of rotatable bonds is 3. The number of hydrogen-bond acceptors (Lipinski definition) is 4. The van der Waals surface area contributed by atoms with Crippen LogP contribution in [0.15, 0.2) is 40.8 Å². The molecule has 5 nitrogen and oxygen atoms in total. The zero-order chi connectivity index (χ0) is 17.1. The molecule has 0 N–H and O–H groups in total. The van der Waals surface area contributed by atoms with Crippen LogP contribution in [-0.4, -0.2) is 35.5 Å². The van der Waals surface area contributed by atoms with Crippen molar-refractivity contribution >= 4 is 12.0 Å². The first-order valence-electron chi connectivity index (χ1n) is 8.88. The molecule has 2 aliphatic heterocycles. The molecule has 2 aromatic rings. The molecule has 1 fully saturated rings. The van der Waals surface area contributed by atoms with Gasteiger partial charge in [0.05, 0.1) is 6.54 Å². The summed E-state index contributed by atoms with van der Waals surface area (Å²) in [6.07, 6.45) is 6.15. The molecule has 1 saturated heterocycles. The highest BCUT2D eigenvalue weighted by atomic mass is 16.5. The second-order valence-corrected chi connectivity index (χ2v) is 6.56. The largest absolute Gasteiger partial charge is 0.445 e. The monoisotopic (exact) mass is 338 g/mol. The van der Waals surface area contributed by atoms with Gasteiger partial charge in [-0.05, 0) is 24.5 Å². The van der Waals surface area contributed by atoms with Crippen molar-refractivity contribution in [3.05, 3.63) is 59.3 Å². The molecule has 2 aliphatic rings. The van der Waals surface area contributed by atoms with E-state index in [1.807, 2.05) is 41.3 Å². The van der Waals surface area contributed by atoms with Gasteiger partial charge in [0.1, 0.15) is 11.5 Å². The Morgan fingerprint density at radius 1 is 1.20 bits per heavy atom. The van der Waals surface area contributed by atoms with Crippen molar-refractivity contribution in [2.75, 3.05) is 19.8 Å². The number of fused-ring (bicyclic) bond motifs is 1. The first kappa shape index (κ1) is 16.1. The van der Waals surface area contributed by atoms with Gasteiger partial charge in [0.2, 0.25) is 5.91 Å². The van der Waals surface area contributed by atoms with E-state index < -0.39 is 0 Å². The van der Waals surface area contributed by atoms with Gasteiger partial charge in [0, 0.05) is 38.2 Å². The molecule has 4 rings (SSSR count). The second-order valence-electron chi connectivity index (χ2n) is 6.56. The van der Waals surface area contributed by atoms with Crippen molar-refractivity contribution in [1.29, 1.82) is 0 Å². The minimum absolute atomic E-state index is 0.0186. The maximum atomic E-state index is 12.5. The van der Waals surface area contributed by atoms with E-state index in [4.69, 9.17) is 9.15 Å². The summed E-state index contributed by atoms with van der Waals surface area (Å²) in [5, 5.41) is 0. The summed E-state index contributed by atoms with van der Waals surface area (Å²) in [5.41, 5.74) is 1.94. The Kier molecular flexibility index (Phi) is 4.65. The Hall–Kier alpha value is -2.40. The molecular weight excluding hydrogens is 316 g/mol. The number of aromatic nitrogens is 1. The average molecular weight is 338 g/mol. The summed E-state index contributed by atoms with van der Waals surface area (Å²) in [6, 6.07) is 9.85. The lowest BCUT2D eigenvalue weighted by molar-refractivity contribution is -0.126. The predicted molar refractivity (Wildman–Crippen MR) is 93.9 cm³/mol. The van der Waals surface area contributed by atoms with Crippen molar-refractivity contribution in [2.24, 2.45) is 0 Å². The average Bonchev–Trinajstić information content (AvgIpc) is 3.11. The van der Waals surface area contributed by atoms with Gasteiger partial charge >= 0.3 is 0 Å². The van der Waals surface area contributed by atoms with E-state index in [9.17, 15) is 4.79 Å². The fourth-order valence-electron chi connectivity index (χ4n) is 3.36. The van der Waals surface area contributed by atoms with E-state index in [0.29, 0.717) is 19.0 Å². The number of oxazole rings is 1. The Bertz CT molecular complexity index is 761. The number of carbonyl (C=O) groups is 1. The van der Waals surface area contributed by atoms with E-state index in [1.54, 1.807) is 6.08 Å². The molecule has 0 bridgehead atoms. The fourth-order valence-corrected chi connectivity index (χ4v) is 3.36. The van der Waals surface area contributed by atoms with Gasteiger partial charge in [-0.2, -0.15) is 0 Å². The third kappa shape index (κ3) is 3.66. The third-order valence-electron chi connectivity index (χ3n) is 4.84. The van der Waals surface area contributed by atoms with Crippen molar-refractivity contribution in [3.63, 3.8) is 0 Å². The van der Waals surface area contributed by atoms with Crippen molar-refractivity contribution in [2.45, 2.75) is 31.7 Å². The van der Waals surface area contributed by atoms with Gasteiger partial charge in [-0.1, -0.05) is 30.3 Å². The number of carbonyl (C=O) groups excluding carboxylic acids is 1. The molecule has 0 unspecified atom stereocenters. The van der Waals surface area contributed by atoms with Gasteiger partial charge < -0.3 is 14.1 Å². The third-order valence-corrected chi connectivity index (χ3v) is 4.84. The standard InChI is InChI=1S/C20H22N2O3/c23-19(7-6-15-4-2-1-3-5-15)22-11-8-18-17(14-22)21-20(25-18)16-9-12-24-13-10-16/h1-7,16H,8-14H2/b7-6+. The van der Waals surface area contributed by atoms with Crippen LogP contribution in [0.25, 0.3) is 6.08 Å². The lowest BCUT2D eigenvalue weighted by atomic mass is 10.0. The van der Waals surface area contributed by atoms with E-state index in [0.717, 1.165) is 55.4 Å². The number of amides is 1. The van der Waals surface area contributed by atoms with Crippen molar-refractivity contribution in [3.8, 4) is 0 Å². The molecule has 0 radical (unpaired) electrons. The van der Waals surface area contributed by atoms with Gasteiger partial charge in [-0.25, -0.2) is 4.98 Å². The van der Waals surface area contributed by atoms with E-state index in [-0.39, 0.29) is 5.91 Å². The second kappa shape index (κ2) is 7.23. The quantitative estimate of drug-likeness (QED) is 0.807. The number of nitrogens with zero attached hydrogens (tertiary/aromatic N) is 2. The zero-order valence-electron chi connectivity index (χ0n) is 14.2. The van der Waals surface area contributed by atoms with Gasteiger partial charge in [-0.15, -0.1) is 0 Å². The number of ether oxygens (including phenoxy) is 1. The fraction of sp³-hybridized carbons (Fsp3) is 0.400. The van der Waals surface area contributed by atoms with Gasteiger partial charge in [-0.3, -0.25) is 4.79 Å². The molecule has 0 saturated carbocycles. The normalized spacial score (nSPS) is 18.5. The highest BCUT2D eigenvalue weighted by Gasteiger charge is 2.28. The minimum Gasteiger partial charge on any atom is -0.445 e. The lowest BCUT2D eigenvalue weighted by Crippen LogP contribution is -2.34. The molecule has 0 aliphatic carbocycles. The summed E-state index contributed by atoms with van der Waals surface area (Å²) < 4.78 is 11.4. The van der Waals surface area contributed by atoms with Crippen LogP contribution in [0.3, 0.4) is 0 Å². The van der Waals surface area contributed by atoms with Crippen LogP contribution >= 0.6 is 0 Å². The summed E-state index contributed by atoms with van der Waals surface area (Å²) in [6.45, 7) is 2.74. The first-order chi connectivity index (χ1) is 12.3. The Morgan fingerprint density at radius 2 is 2.00 bits per heavy atom. The van der Waals surface area contributed by atoms with Crippen molar-refractivity contribution in [1.82, 2.24) is 9.88 Å². The highest BCUT2D eigenvalue weighted by Crippen LogP contribution is 2.30. The molecular formula is C20H22N2O3. The van der Waals surface area contributed by atoms with E-state index in [1.165, 1.54) is 0 Å². The topological polar surface area (TPSA) is 55.6 Å². The Morgan fingerprint density at radius 3 is 2.80 bits per heavy atom. The molecule has 0 spiro atoms. The maximum Gasteiger partial charge on any atom is 0.246 e. The van der Waals surface area contributed by atoms with Crippen LogP contribution in [-0.2, 0) is 22.5 Å². The summed E-state index contributed by atoms with van der Waals surface area (Å²) in [7, 11) is 0. The van der Waals surface area contributed by atoms with Crippen LogP contribution in [0.1, 0.15) is 41.7 Å². The smallest absolute Gasteiger partial charge is 0.246 e. The zero-order valence-corrected chi connectivity index (χ0v) is 14.2. The van der Waals surface area contributed by atoms with Crippen molar-refractivity contribution < 1.29 is 13.9 Å². The molecule has 1 aromatic heterocycles. The molecule has 25 heavy (non-hydrogen) atoms. The summed E-state index contributed by atoms with van der Waals surface area (Å²) in [5.74, 6) is 2.13. The van der Waals surface area contributed by atoms with Gasteiger partial charge in [0.15, 0.2) is 5.89 Å². The Balaban J connectivity index is 1.42. The van der Waals surface area contributed by atoms with Crippen LogP contribution < -0.4 is 0 Å². The summed E-state index contributed by atoms with van der Waals surface area (Å²) in [4.78, 5) is 19.0. The van der Waals surface area contributed by atoms with Gasteiger partial charge in [0.25, 0.3) is 0 Å². The van der Waals surface area contributed by atoms with Crippen LogP contribution in [0.4, 0.5) is 0 Å². The molecule has 5 heteroatoms. The van der Waals surface area contributed by atoms with E-state index >= 15 is 0 Å². The summed E-state index contributed by atoms with van der Waals surface area (Å²) >= 11 is 0. The molecule has 1 amide bonds.